The fraction of sp³-hybridized carbons (Fsp3) is 0.400. The van der Waals surface area contributed by atoms with E-state index in [9.17, 15) is 5.11 Å². The Morgan fingerprint density at radius 3 is 2.82 bits per heavy atom. The zero-order valence-electron chi connectivity index (χ0n) is 6.71. The van der Waals surface area contributed by atoms with Gasteiger partial charge in [-0.15, -0.1) is 0 Å². The summed E-state index contributed by atoms with van der Waals surface area (Å²) in [7, 11) is 0. The van der Waals surface area contributed by atoms with Gasteiger partial charge in [0, 0.05) is 0 Å². The average Bonchev–Trinajstić information content (AvgIpc) is 1.97. The molecule has 1 heteroatoms. The summed E-state index contributed by atoms with van der Waals surface area (Å²) in [5.41, 5.74) is 2.02. The lowest BCUT2D eigenvalue weighted by atomic mass is 9.88. The van der Waals surface area contributed by atoms with Gasteiger partial charge in [-0.1, -0.05) is 25.3 Å². The molecule has 60 valence electrons. The van der Waals surface area contributed by atoms with Gasteiger partial charge >= 0.3 is 0 Å². The molecule has 0 spiro atoms. The molecule has 0 amide bonds. The lowest BCUT2D eigenvalue weighted by Gasteiger charge is -2.22. The Kier molecular flexibility index (Phi) is 2.66. The summed E-state index contributed by atoms with van der Waals surface area (Å²) >= 11 is 0. The molecule has 0 aromatic carbocycles. The SMILES string of the molecule is C=C/C=C1\C(=C)CCCC1O. The average molecular weight is 150 g/mol. The Morgan fingerprint density at radius 2 is 2.27 bits per heavy atom. The molecule has 1 unspecified atom stereocenters. The maximum absolute atomic E-state index is 9.49. The fourth-order valence-electron chi connectivity index (χ4n) is 1.40. The number of hydrogen-bond acceptors (Lipinski definition) is 1. The summed E-state index contributed by atoms with van der Waals surface area (Å²) in [6.07, 6.45) is 6.17. The van der Waals surface area contributed by atoms with Gasteiger partial charge in [0.15, 0.2) is 0 Å². The quantitative estimate of drug-likeness (QED) is 0.607. The Bertz CT molecular complexity index is 201. The van der Waals surface area contributed by atoms with Crippen LogP contribution in [0.3, 0.4) is 0 Å². The van der Waals surface area contributed by atoms with Crippen LogP contribution in [-0.2, 0) is 0 Å². The van der Waals surface area contributed by atoms with Crippen LogP contribution in [0.1, 0.15) is 19.3 Å². The van der Waals surface area contributed by atoms with E-state index in [2.05, 4.69) is 13.2 Å². The first-order valence-electron chi connectivity index (χ1n) is 3.94. The summed E-state index contributed by atoms with van der Waals surface area (Å²) in [6, 6.07) is 0. The largest absolute Gasteiger partial charge is 0.388 e. The van der Waals surface area contributed by atoms with E-state index in [1.54, 1.807) is 6.08 Å². The van der Waals surface area contributed by atoms with Crippen molar-refractivity contribution in [2.24, 2.45) is 0 Å². The van der Waals surface area contributed by atoms with E-state index in [0.29, 0.717) is 0 Å². The minimum atomic E-state index is -0.311. The molecule has 1 atom stereocenters. The van der Waals surface area contributed by atoms with Gasteiger partial charge in [-0.3, -0.25) is 0 Å². The van der Waals surface area contributed by atoms with Crippen LogP contribution in [0.5, 0.6) is 0 Å². The van der Waals surface area contributed by atoms with Crippen LogP contribution >= 0.6 is 0 Å². The van der Waals surface area contributed by atoms with E-state index in [-0.39, 0.29) is 6.10 Å². The standard InChI is InChI=1S/C10H14O/c1-3-5-9-8(2)6-4-7-10(9)11/h3,5,10-11H,1-2,4,6-7H2/b9-5+. The molecule has 0 aromatic rings. The van der Waals surface area contributed by atoms with Crippen LogP contribution in [0.25, 0.3) is 0 Å². The van der Waals surface area contributed by atoms with Crippen molar-refractivity contribution >= 4 is 0 Å². The number of aliphatic hydroxyl groups is 1. The molecule has 0 aromatic heterocycles. The second kappa shape index (κ2) is 3.54. The molecule has 1 fully saturated rings. The molecule has 0 aliphatic heterocycles. The smallest absolute Gasteiger partial charge is 0.0792 e. The maximum atomic E-state index is 9.49. The Labute approximate surface area is 67.7 Å². The zero-order valence-corrected chi connectivity index (χ0v) is 6.71. The molecule has 1 saturated carbocycles. The predicted molar refractivity (Wildman–Crippen MR) is 47.3 cm³/mol. The highest BCUT2D eigenvalue weighted by molar-refractivity contribution is 5.35. The van der Waals surface area contributed by atoms with Gasteiger partial charge in [0.25, 0.3) is 0 Å². The van der Waals surface area contributed by atoms with Crippen LogP contribution in [0.15, 0.2) is 36.5 Å². The fourth-order valence-corrected chi connectivity index (χ4v) is 1.40. The molecule has 1 nitrogen and oxygen atoms in total. The Morgan fingerprint density at radius 1 is 1.55 bits per heavy atom. The summed E-state index contributed by atoms with van der Waals surface area (Å²) in [5.74, 6) is 0. The maximum Gasteiger partial charge on any atom is 0.0792 e. The van der Waals surface area contributed by atoms with Crippen LogP contribution in [0.4, 0.5) is 0 Å². The van der Waals surface area contributed by atoms with Crippen molar-refractivity contribution in [3.63, 3.8) is 0 Å². The number of allylic oxidation sites excluding steroid dienone is 2. The molecular formula is C10H14O. The van der Waals surface area contributed by atoms with E-state index >= 15 is 0 Å². The molecule has 1 aliphatic carbocycles. The second-order valence-corrected chi connectivity index (χ2v) is 2.87. The molecule has 0 saturated heterocycles. The van der Waals surface area contributed by atoms with Gasteiger partial charge in [-0.2, -0.15) is 0 Å². The van der Waals surface area contributed by atoms with Crippen LogP contribution in [0, 0.1) is 0 Å². The highest BCUT2D eigenvalue weighted by Gasteiger charge is 2.17. The first kappa shape index (κ1) is 8.28. The van der Waals surface area contributed by atoms with Gasteiger partial charge in [0.05, 0.1) is 6.10 Å². The highest BCUT2D eigenvalue weighted by Crippen LogP contribution is 2.27. The predicted octanol–water partition coefficient (Wildman–Crippen LogP) is 2.20. The third-order valence-electron chi connectivity index (χ3n) is 2.02. The van der Waals surface area contributed by atoms with Gasteiger partial charge in [0.1, 0.15) is 0 Å². The van der Waals surface area contributed by atoms with E-state index in [0.717, 1.165) is 30.4 Å². The monoisotopic (exact) mass is 150 g/mol. The second-order valence-electron chi connectivity index (χ2n) is 2.87. The lowest BCUT2D eigenvalue weighted by molar-refractivity contribution is 0.190. The van der Waals surface area contributed by atoms with Crippen LogP contribution in [-0.4, -0.2) is 11.2 Å². The zero-order chi connectivity index (χ0) is 8.27. The van der Waals surface area contributed by atoms with Gasteiger partial charge in [0.2, 0.25) is 0 Å². The van der Waals surface area contributed by atoms with E-state index in [1.165, 1.54) is 0 Å². The van der Waals surface area contributed by atoms with Gasteiger partial charge in [-0.25, -0.2) is 0 Å². The minimum absolute atomic E-state index is 0.311. The molecule has 0 heterocycles. The molecule has 1 rings (SSSR count). The van der Waals surface area contributed by atoms with Gasteiger partial charge in [-0.05, 0) is 30.4 Å². The van der Waals surface area contributed by atoms with Crippen LogP contribution < -0.4 is 0 Å². The summed E-state index contributed by atoms with van der Waals surface area (Å²) in [4.78, 5) is 0. The van der Waals surface area contributed by atoms with Crippen molar-refractivity contribution in [1.29, 1.82) is 0 Å². The van der Waals surface area contributed by atoms with E-state index < -0.39 is 0 Å². The Hall–Kier alpha value is -0.820. The van der Waals surface area contributed by atoms with Crippen molar-refractivity contribution < 1.29 is 5.11 Å². The number of hydrogen-bond donors (Lipinski definition) is 1. The minimum Gasteiger partial charge on any atom is -0.388 e. The van der Waals surface area contributed by atoms with Crippen LogP contribution in [0.2, 0.25) is 0 Å². The van der Waals surface area contributed by atoms with Gasteiger partial charge < -0.3 is 5.11 Å². The third-order valence-corrected chi connectivity index (χ3v) is 2.02. The lowest BCUT2D eigenvalue weighted by Crippen LogP contribution is -2.16. The molecule has 1 N–H and O–H groups in total. The third kappa shape index (κ3) is 1.81. The first-order valence-corrected chi connectivity index (χ1v) is 3.94. The molecule has 11 heavy (non-hydrogen) atoms. The van der Waals surface area contributed by atoms with Crippen molar-refractivity contribution in [1.82, 2.24) is 0 Å². The van der Waals surface area contributed by atoms with Crippen molar-refractivity contribution in [2.75, 3.05) is 0 Å². The molecular weight excluding hydrogens is 136 g/mol. The van der Waals surface area contributed by atoms with E-state index in [4.69, 9.17) is 0 Å². The van der Waals surface area contributed by atoms with E-state index in [1.807, 2.05) is 6.08 Å². The van der Waals surface area contributed by atoms with Crippen molar-refractivity contribution in [2.45, 2.75) is 25.4 Å². The van der Waals surface area contributed by atoms with Crippen molar-refractivity contribution in [3.8, 4) is 0 Å². The topological polar surface area (TPSA) is 20.2 Å². The first-order chi connectivity index (χ1) is 5.25. The summed E-state index contributed by atoms with van der Waals surface area (Å²) in [6.45, 7) is 7.48. The molecule has 0 radical (unpaired) electrons. The normalized spacial score (nSPS) is 29.0. The molecule has 1 aliphatic rings. The Balaban J connectivity index is 2.78. The number of aliphatic hydroxyl groups excluding tert-OH is 1. The van der Waals surface area contributed by atoms with Crippen molar-refractivity contribution in [3.05, 3.63) is 36.5 Å². The summed E-state index contributed by atoms with van der Waals surface area (Å²) in [5, 5.41) is 9.49. The number of rotatable bonds is 1. The molecule has 0 bridgehead atoms. The highest BCUT2D eigenvalue weighted by atomic mass is 16.3. The summed E-state index contributed by atoms with van der Waals surface area (Å²) < 4.78 is 0.